The number of benzene rings is 1. The van der Waals surface area contributed by atoms with Crippen LogP contribution in [0.25, 0.3) is 0 Å². The molecule has 2 heterocycles. The molecule has 1 aliphatic carbocycles. The van der Waals surface area contributed by atoms with E-state index in [2.05, 4.69) is 23.1 Å². The third-order valence-corrected chi connectivity index (χ3v) is 5.93. The second-order valence-electron chi connectivity index (χ2n) is 7.25. The van der Waals surface area contributed by atoms with Crippen LogP contribution in [-0.4, -0.2) is 30.4 Å². The van der Waals surface area contributed by atoms with Crippen LogP contribution in [0.4, 0.5) is 5.69 Å². The van der Waals surface area contributed by atoms with Crippen LogP contribution in [-0.2, 0) is 11.3 Å². The molecule has 3 nitrogen and oxygen atoms in total. The number of para-hydroxylation sites is 1. The van der Waals surface area contributed by atoms with Crippen LogP contribution >= 0.6 is 0 Å². The monoisotopic (exact) mass is 298 g/mol. The fourth-order valence-electron chi connectivity index (χ4n) is 4.81. The zero-order valence-corrected chi connectivity index (χ0v) is 13.6. The highest BCUT2D eigenvalue weighted by atomic mass is 16.2. The second-order valence-corrected chi connectivity index (χ2v) is 7.25. The van der Waals surface area contributed by atoms with Crippen LogP contribution < -0.4 is 4.90 Å². The topological polar surface area (TPSA) is 23.6 Å². The van der Waals surface area contributed by atoms with Gasteiger partial charge in [-0.15, -0.1) is 0 Å². The van der Waals surface area contributed by atoms with Gasteiger partial charge in [-0.05, 0) is 35.8 Å². The van der Waals surface area contributed by atoms with Crippen molar-refractivity contribution in [1.82, 2.24) is 4.90 Å². The predicted octanol–water partition coefficient (Wildman–Crippen LogP) is 3.53. The van der Waals surface area contributed by atoms with Gasteiger partial charge in [-0.1, -0.05) is 37.5 Å². The standard InChI is InChI=1S/C19H26N2O/c1-14(22)20-10-11-21-12-15-6-3-2-4-8-17(15)18-9-5-7-16(13-20)19(18)21/h5,7,9,15,17H,2-4,6,8,10-13H2,1H3. The van der Waals surface area contributed by atoms with E-state index in [0.717, 1.165) is 31.5 Å². The summed E-state index contributed by atoms with van der Waals surface area (Å²) in [5, 5.41) is 0. The van der Waals surface area contributed by atoms with Crippen LogP contribution in [0.3, 0.4) is 0 Å². The summed E-state index contributed by atoms with van der Waals surface area (Å²) in [5.41, 5.74) is 4.39. The Morgan fingerprint density at radius 2 is 2.00 bits per heavy atom. The molecule has 1 saturated carbocycles. The molecule has 0 saturated heterocycles. The molecule has 0 spiro atoms. The van der Waals surface area contributed by atoms with Gasteiger partial charge in [-0.25, -0.2) is 0 Å². The van der Waals surface area contributed by atoms with Crippen molar-refractivity contribution in [2.24, 2.45) is 5.92 Å². The first-order chi connectivity index (χ1) is 10.7. The Kier molecular flexibility index (Phi) is 3.59. The van der Waals surface area contributed by atoms with Gasteiger partial charge < -0.3 is 9.80 Å². The predicted molar refractivity (Wildman–Crippen MR) is 89.1 cm³/mol. The lowest BCUT2D eigenvalue weighted by atomic mass is 9.77. The number of carbonyl (C=O) groups is 1. The van der Waals surface area contributed by atoms with E-state index in [1.165, 1.54) is 49.9 Å². The molecule has 1 aromatic rings. The van der Waals surface area contributed by atoms with Gasteiger partial charge in [0.1, 0.15) is 0 Å². The van der Waals surface area contributed by atoms with E-state index >= 15 is 0 Å². The summed E-state index contributed by atoms with van der Waals surface area (Å²) in [7, 11) is 0. The molecule has 0 radical (unpaired) electrons. The van der Waals surface area contributed by atoms with Crippen LogP contribution in [0.1, 0.15) is 56.1 Å². The van der Waals surface area contributed by atoms with Crippen molar-refractivity contribution in [3.05, 3.63) is 29.3 Å². The highest BCUT2D eigenvalue weighted by Gasteiger charge is 2.36. The summed E-state index contributed by atoms with van der Waals surface area (Å²) in [6.07, 6.45) is 6.90. The first-order valence-electron chi connectivity index (χ1n) is 8.86. The third kappa shape index (κ3) is 2.31. The number of hydrogen-bond acceptors (Lipinski definition) is 2. The van der Waals surface area contributed by atoms with Gasteiger partial charge in [-0.2, -0.15) is 0 Å². The molecule has 0 N–H and O–H groups in total. The van der Waals surface area contributed by atoms with Crippen molar-refractivity contribution in [3.63, 3.8) is 0 Å². The van der Waals surface area contributed by atoms with Gasteiger partial charge in [0.05, 0.1) is 0 Å². The van der Waals surface area contributed by atoms with Gasteiger partial charge in [0, 0.05) is 38.8 Å². The van der Waals surface area contributed by atoms with Crippen molar-refractivity contribution >= 4 is 11.6 Å². The van der Waals surface area contributed by atoms with Gasteiger partial charge in [-0.3, -0.25) is 4.79 Å². The number of hydrogen-bond donors (Lipinski definition) is 0. The summed E-state index contributed by atoms with van der Waals surface area (Å²) >= 11 is 0. The van der Waals surface area contributed by atoms with Crippen molar-refractivity contribution in [3.8, 4) is 0 Å². The first kappa shape index (κ1) is 14.1. The molecular weight excluding hydrogens is 272 g/mol. The van der Waals surface area contributed by atoms with Crippen molar-refractivity contribution in [2.75, 3.05) is 24.5 Å². The summed E-state index contributed by atoms with van der Waals surface area (Å²) < 4.78 is 0. The molecule has 2 unspecified atom stereocenters. The number of anilines is 1. The minimum Gasteiger partial charge on any atom is -0.369 e. The normalized spacial score (nSPS) is 27.5. The number of carbonyl (C=O) groups excluding carboxylic acids is 1. The van der Waals surface area contributed by atoms with E-state index in [1.54, 1.807) is 12.5 Å². The molecule has 4 rings (SSSR count). The van der Waals surface area contributed by atoms with E-state index in [-0.39, 0.29) is 5.91 Å². The zero-order valence-electron chi connectivity index (χ0n) is 13.6. The smallest absolute Gasteiger partial charge is 0.219 e. The van der Waals surface area contributed by atoms with E-state index in [0.29, 0.717) is 0 Å². The highest BCUT2D eigenvalue weighted by Crippen LogP contribution is 2.47. The zero-order chi connectivity index (χ0) is 15.1. The molecule has 22 heavy (non-hydrogen) atoms. The average Bonchev–Trinajstić information content (AvgIpc) is 2.85. The lowest BCUT2D eigenvalue weighted by molar-refractivity contribution is -0.129. The van der Waals surface area contributed by atoms with E-state index in [4.69, 9.17) is 0 Å². The van der Waals surface area contributed by atoms with E-state index < -0.39 is 0 Å². The Morgan fingerprint density at radius 3 is 2.86 bits per heavy atom. The summed E-state index contributed by atoms with van der Waals surface area (Å²) in [6, 6.07) is 6.80. The Bertz CT molecular complexity index is 583. The molecule has 1 aromatic carbocycles. The van der Waals surface area contributed by atoms with Crippen LogP contribution in [0, 0.1) is 5.92 Å². The maximum absolute atomic E-state index is 11.9. The van der Waals surface area contributed by atoms with Gasteiger partial charge in [0.15, 0.2) is 0 Å². The molecule has 2 aliphatic heterocycles. The van der Waals surface area contributed by atoms with Gasteiger partial charge in [0.2, 0.25) is 5.91 Å². The van der Waals surface area contributed by atoms with Gasteiger partial charge >= 0.3 is 0 Å². The van der Waals surface area contributed by atoms with E-state index in [1.807, 2.05) is 4.90 Å². The quantitative estimate of drug-likeness (QED) is 0.731. The maximum atomic E-state index is 11.9. The third-order valence-electron chi connectivity index (χ3n) is 5.93. The summed E-state index contributed by atoms with van der Waals surface area (Å²) in [4.78, 5) is 16.4. The Morgan fingerprint density at radius 1 is 1.14 bits per heavy atom. The molecule has 1 amide bonds. The van der Waals surface area contributed by atoms with Crippen molar-refractivity contribution in [1.29, 1.82) is 0 Å². The molecule has 3 heteroatoms. The minimum absolute atomic E-state index is 0.201. The maximum Gasteiger partial charge on any atom is 0.219 e. The molecule has 1 fully saturated rings. The largest absolute Gasteiger partial charge is 0.369 e. The minimum atomic E-state index is 0.201. The van der Waals surface area contributed by atoms with Crippen LogP contribution in [0.5, 0.6) is 0 Å². The highest BCUT2D eigenvalue weighted by molar-refractivity contribution is 5.74. The van der Waals surface area contributed by atoms with E-state index in [9.17, 15) is 4.79 Å². The lowest BCUT2D eigenvalue weighted by Gasteiger charge is -2.41. The fraction of sp³-hybridized carbons (Fsp3) is 0.632. The van der Waals surface area contributed by atoms with Crippen molar-refractivity contribution < 1.29 is 4.79 Å². The Balaban J connectivity index is 1.76. The summed E-state index contributed by atoms with van der Waals surface area (Å²) in [5.74, 6) is 1.76. The fourth-order valence-corrected chi connectivity index (χ4v) is 4.81. The number of rotatable bonds is 0. The number of nitrogens with zero attached hydrogens (tertiary/aromatic N) is 2. The Hall–Kier alpha value is -1.51. The molecule has 0 bridgehead atoms. The molecule has 2 atom stereocenters. The molecular formula is C19H26N2O. The van der Waals surface area contributed by atoms with Crippen LogP contribution in [0.15, 0.2) is 18.2 Å². The number of amides is 1. The SMILES string of the molecule is CC(=O)N1CCN2CC3CCCCCC3c3cccc(c32)C1. The average molecular weight is 298 g/mol. The molecule has 3 aliphatic rings. The molecule has 118 valence electrons. The lowest BCUT2D eigenvalue weighted by Crippen LogP contribution is -2.40. The molecule has 0 aromatic heterocycles. The van der Waals surface area contributed by atoms with Crippen molar-refractivity contribution in [2.45, 2.75) is 51.5 Å². The number of fused-ring (bicyclic) bond motifs is 2. The first-order valence-corrected chi connectivity index (χ1v) is 8.86. The second kappa shape index (κ2) is 5.60. The van der Waals surface area contributed by atoms with Crippen LogP contribution in [0.2, 0.25) is 0 Å². The summed E-state index contributed by atoms with van der Waals surface area (Å²) in [6.45, 7) is 5.53. The van der Waals surface area contributed by atoms with Gasteiger partial charge in [0.25, 0.3) is 0 Å². The Labute approximate surface area is 133 Å².